The minimum atomic E-state index is 0.0474. The SMILES string of the molecule is Cc1c(Br)cccc1C(Cc1ccc(Br)cn1)NN. The molecule has 2 rings (SSSR count). The van der Waals surface area contributed by atoms with Gasteiger partial charge in [0.25, 0.3) is 0 Å². The minimum Gasteiger partial charge on any atom is -0.271 e. The Bertz CT molecular complexity index is 555. The zero-order valence-electron chi connectivity index (χ0n) is 10.5. The summed E-state index contributed by atoms with van der Waals surface area (Å²) in [5.74, 6) is 5.70. The second-order valence-corrected chi connectivity index (χ2v) is 6.12. The summed E-state index contributed by atoms with van der Waals surface area (Å²) < 4.78 is 2.07. The molecule has 0 amide bonds. The van der Waals surface area contributed by atoms with Crippen LogP contribution in [-0.2, 0) is 6.42 Å². The summed E-state index contributed by atoms with van der Waals surface area (Å²) in [7, 11) is 0. The van der Waals surface area contributed by atoms with Crippen molar-refractivity contribution in [1.29, 1.82) is 0 Å². The van der Waals surface area contributed by atoms with E-state index in [0.29, 0.717) is 0 Å². The molecule has 5 heteroatoms. The molecular formula is C14H15Br2N3. The van der Waals surface area contributed by atoms with E-state index in [2.05, 4.69) is 55.3 Å². The number of nitrogens with zero attached hydrogens (tertiary/aromatic N) is 1. The number of pyridine rings is 1. The van der Waals surface area contributed by atoms with Crippen molar-refractivity contribution in [3.05, 3.63) is 62.3 Å². The molecule has 19 heavy (non-hydrogen) atoms. The van der Waals surface area contributed by atoms with Gasteiger partial charge in [-0.2, -0.15) is 0 Å². The monoisotopic (exact) mass is 383 g/mol. The molecule has 0 radical (unpaired) electrons. The standard InChI is InChI=1S/C14H15Br2N3/c1-9-12(3-2-4-13(9)16)14(19-17)7-11-6-5-10(15)8-18-11/h2-6,8,14,19H,7,17H2,1H3. The van der Waals surface area contributed by atoms with Crippen LogP contribution in [0, 0.1) is 6.92 Å². The van der Waals surface area contributed by atoms with Crippen molar-refractivity contribution < 1.29 is 0 Å². The number of rotatable bonds is 4. The van der Waals surface area contributed by atoms with Gasteiger partial charge in [-0.1, -0.05) is 28.1 Å². The Labute approximate surface area is 129 Å². The van der Waals surface area contributed by atoms with Crippen molar-refractivity contribution in [3.63, 3.8) is 0 Å². The van der Waals surface area contributed by atoms with Gasteiger partial charge >= 0.3 is 0 Å². The van der Waals surface area contributed by atoms with Gasteiger partial charge in [0.15, 0.2) is 0 Å². The van der Waals surface area contributed by atoms with E-state index in [1.54, 1.807) is 6.20 Å². The Morgan fingerprint density at radius 3 is 2.68 bits per heavy atom. The lowest BCUT2D eigenvalue weighted by Crippen LogP contribution is -2.30. The Morgan fingerprint density at radius 2 is 2.05 bits per heavy atom. The van der Waals surface area contributed by atoms with Gasteiger partial charge in [-0.3, -0.25) is 16.3 Å². The van der Waals surface area contributed by atoms with Crippen LogP contribution in [0.1, 0.15) is 22.9 Å². The van der Waals surface area contributed by atoms with Gasteiger partial charge in [-0.15, -0.1) is 0 Å². The number of nitrogens with one attached hydrogen (secondary N) is 1. The molecule has 1 aromatic heterocycles. The zero-order chi connectivity index (χ0) is 13.8. The summed E-state index contributed by atoms with van der Waals surface area (Å²) in [5.41, 5.74) is 6.26. The summed E-state index contributed by atoms with van der Waals surface area (Å²) in [5, 5.41) is 0. The maximum absolute atomic E-state index is 5.70. The number of hydrogen-bond acceptors (Lipinski definition) is 3. The van der Waals surface area contributed by atoms with Crippen LogP contribution >= 0.6 is 31.9 Å². The van der Waals surface area contributed by atoms with Crippen molar-refractivity contribution in [3.8, 4) is 0 Å². The van der Waals surface area contributed by atoms with Crippen LogP contribution in [0.4, 0.5) is 0 Å². The molecule has 3 N–H and O–H groups in total. The van der Waals surface area contributed by atoms with E-state index >= 15 is 0 Å². The Balaban J connectivity index is 2.25. The number of aromatic nitrogens is 1. The van der Waals surface area contributed by atoms with Crippen LogP contribution in [0.2, 0.25) is 0 Å². The van der Waals surface area contributed by atoms with E-state index in [1.165, 1.54) is 11.1 Å². The summed E-state index contributed by atoms with van der Waals surface area (Å²) in [4.78, 5) is 4.39. The second kappa shape index (κ2) is 6.61. The average Bonchev–Trinajstić information content (AvgIpc) is 2.42. The number of benzene rings is 1. The van der Waals surface area contributed by atoms with Crippen molar-refractivity contribution in [2.45, 2.75) is 19.4 Å². The van der Waals surface area contributed by atoms with Crippen molar-refractivity contribution >= 4 is 31.9 Å². The first-order valence-electron chi connectivity index (χ1n) is 5.93. The molecule has 0 fully saturated rings. The van der Waals surface area contributed by atoms with Crippen LogP contribution in [0.25, 0.3) is 0 Å². The lowest BCUT2D eigenvalue weighted by Gasteiger charge is -2.19. The maximum Gasteiger partial charge on any atom is 0.0518 e. The molecule has 0 aliphatic rings. The molecular weight excluding hydrogens is 370 g/mol. The van der Waals surface area contributed by atoms with Gasteiger partial charge in [0, 0.05) is 27.3 Å². The highest BCUT2D eigenvalue weighted by Crippen LogP contribution is 2.26. The maximum atomic E-state index is 5.70. The van der Waals surface area contributed by atoms with E-state index in [0.717, 1.165) is 21.1 Å². The molecule has 3 nitrogen and oxygen atoms in total. The van der Waals surface area contributed by atoms with Crippen LogP contribution in [0.5, 0.6) is 0 Å². The zero-order valence-corrected chi connectivity index (χ0v) is 13.7. The number of hydrogen-bond donors (Lipinski definition) is 2. The third-order valence-electron chi connectivity index (χ3n) is 3.09. The molecule has 0 aliphatic heterocycles. The smallest absolute Gasteiger partial charge is 0.0518 e. The molecule has 1 heterocycles. The highest BCUT2D eigenvalue weighted by atomic mass is 79.9. The molecule has 0 saturated heterocycles. The number of hydrazine groups is 1. The molecule has 1 unspecified atom stereocenters. The number of nitrogens with two attached hydrogens (primary N) is 1. The predicted molar refractivity (Wildman–Crippen MR) is 84.6 cm³/mol. The third-order valence-corrected chi connectivity index (χ3v) is 4.42. The largest absolute Gasteiger partial charge is 0.271 e. The van der Waals surface area contributed by atoms with E-state index in [9.17, 15) is 0 Å². The van der Waals surface area contributed by atoms with Gasteiger partial charge in [-0.05, 0) is 52.2 Å². The summed E-state index contributed by atoms with van der Waals surface area (Å²) in [6.07, 6.45) is 2.55. The minimum absolute atomic E-state index is 0.0474. The Kier molecular flexibility index (Phi) is 5.10. The topological polar surface area (TPSA) is 50.9 Å². The summed E-state index contributed by atoms with van der Waals surface area (Å²) >= 11 is 6.93. The second-order valence-electron chi connectivity index (χ2n) is 4.35. The first-order valence-corrected chi connectivity index (χ1v) is 7.52. The molecule has 0 spiro atoms. The van der Waals surface area contributed by atoms with Gasteiger partial charge in [0.1, 0.15) is 0 Å². The third kappa shape index (κ3) is 3.63. The normalized spacial score (nSPS) is 12.4. The van der Waals surface area contributed by atoms with Crippen molar-refractivity contribution in [2.24, 2.45) is 5.84 Å². The molecule has 0 bridgehead atoms. The fourth-order valence-corrected chi connectivity index (χ4v) is 2.61. The van der Waals surface area contributed by atoms with Crippen LogP contribution < -0.4 is 11.3 Å². The quantitative estimate of drug-likeness (QED) is 0.624. The molecule has 100 valence electrons. The molecule has 1 aromatic carbocycles. The van der Waals surface area contributed by atoms with Gasteiger partial charge in [-0.25, -0.2) is 0 Å². The van der Waals surface area contributed by atoms with E-state index in [-0.39, 0.29) is 6.04 Å². The predicted octanol–water partition coefficient (Wildman–Crippen LogP) is 3.66. The highest BCUT2D eigenvalue weighted by Gasteiger charge is 2.14. The summed E-state index contributed by atoms with van der Waals surface area (Å²) in [6, 6.07) is 10.2. The summed E-state index contributed by atoms with van der Waals surface area (Å²) in [6.45, 7) is 2.08. The highest BCUT2D eigenvalue weighted by molar-refractivity contribution is 9.10. The van der Waals surface area contributed by atoms with Crippen molar-refractivity contribution in [2.75, 3.05) is 0 Å². The van der Waals surface area contributed by atoms with Gasteiger partial charge in [0.2, 0.25) is 0 Å². The molecule has 1 atom stereocenters. The Hall–Kier alpha value is -0.750. The van der Waals surface area contributed by atoms with Crippen LogP contribution in [-0.4, -0.2) is 4.98 Å². The average molecular weight is 385 g/mol. The fourth-order valence-electron chi connectivity index (χ4n) is 2.00. The fraction of sp³-hybridized carbons (Fsp3) is 0.214. The van der Waals surface area contributed by atoms with Crippen molar-refractivity contribution in [1.82, 2.24) is 10.4 Å². The lowest BCUT2D eigenvalue weighted by molar-refractivity contribution is 0.543. The number of halogens is 2. The first-order chi connectivity index (χ1) is 9.11. The van der Waals surface area contributed by atoms with E-state index < -0.39 is 0 Å². The van der Waals surface area contributed by atoms with E-state index in [4.69, 9.17) is 5.84 Å². The van der Waals surface area contributed by atoms with Crippen LogP contribution in [0.3, 0.4) is 0 Å². The molecule has 2 aromatic rings. The van der Waals surface area contributed by atoms with Gasteiger partial charge in [0.05, 0.1) is 6.04 Å². The Morgan fingerprint density at radius 1 is 1.26 bits per heavy atom. The van der Waals surface area contributed by atoms with E-state index in [1.807, 2.05) is 24.3 Å². The lowest BCUT2D eigenvalue weighted by atomic mass is 9.98. The molecule has 0 saturated carbocycles. The first kappa shape index (κ1) is 14.7. The van der Waals surface area contributed by atoms with Gasteiger partial charge < -0.3 is 0 Å². The molecule has 0 aliphatic carbocycles. The van der Waals surface area contributed by atoms with Crippen LogP contribution in [0.15, 0.2) is 45.5 Å².